The Balaban J connectivity index is 2.00. The zero-order chi connectivity index (χ0) is 23.0. The largest absolute Gasteiger partial charge is 0.508 e. The van der Waals surface area contributed by atoms with Gasteiger partial charge in [0.05, 0.1) is 6.04 Å². The molecule has 1 aliphatic rings. The Kier molecular flexibility index (Phi) is 8.86. The molecule has 0 unspecified atom stereocenters. The van der Waals surface area contributed by atoms with Crippen molar-refractivity contribution in [3.05, 3.63) is 77.1 Å². The minimum absolute atomic E-state index is 0.136. The fourth-order valence-corrected chi connectivity index (χ4v) is 3.65. The molecule has 0 aliphatic carbocycles. The third-order valence-corrected chi connectivity index (χ3v) is 5.47. The number of aliphatic hydroxyl groups is 1. The molecule has 3 N–H and O–H groups in total. The highest BCUT2D eigenvalue weighted by Crippen LogP contribution is 2.20. The molecule has 1 saturated heterocycles. The Bertz CT molecular complexity index is 906. The van der Waals surface area contributed by atoms with E-state index in [1.807, 2.05) is 13.0 Å². The van der Waals surface area contributed by atoms with Crippen molar-refractivity contribution in [2.75, 3.05) is 0 Å². The molecule has 0 spiro atoms. The number of hydrogen-bond donors (Lipinski definition) is 3. The summed E-state index contributed by atoms with van der Waals surface area (Å²) in [5, 5.41) is 22.3. The number of carbonyl (C=O) groups excluding carboxylic acids is 2. The Morgan fingerprint density at radius 1 is 1.13 bits per heavy atom. The molecule has 5 heteroatoms. The van der Waals surface area contributed by atoms with Gasteiger partial charge in [0.25, 0.3) is 5.91 Å². The van der Waals surface area contributed by atoms with E-state index >= 15 is 0 Å². The summed E-state index contributed by atoms with van der Waals surface area (Å²) in [5.41, 5.74) is 1.71. The fourth-order valence-electron chi connectivity index (χ4n) is 3.65. The Labute approximate surface area is 184 Å². The SMILES string of the molecule is CC[C@@H](C)C[C@@H](C)/C=C(C)/C=C/C=C/C(O)=C1\C(=O)N[C@@H](Cc2ccc(O)cc2)C1=O. The van der Waals surface area contributed by atoms with Gasteiger partial charge in [0.15, 0.2) is 5.78 Å². The van der Waals surface area contributed by atoms with Crippen molar-refractivity contribution in [2.45, 2.75) is 53.0 Å². The first-order chi connectivity index (χ1) is 14.7. The first-order valence-electron chi connectivity index (χ1n) is 10.8. The molecule has 5 nitrogen and oxygen atoms in total. The van der Waals surface area contributed by atoms with Gasteiger partial charge in [-0.2, -0.15) is 0 Å². The Morgan fingerprint density at radius 3 is 2.42 bits per heavy atom. The highest BCUT2D eigenvalue weighted by atomic mass is 16.3. The van der Waals surface area contributed by atoms with Gasteiger partial charge in [-0.25, -0.2) is 0 Å². The van der Waals surface area contributed by atoms with Gasteiger partial charge in [-0.3, -0.25) is 9.59 Å². The van der Waals surface area contributed by atoms with Crippen LogP contribution in [0.15, 0.2) is 71.6 Å². The van der Waals surface area contributed by atoms with Crippen molar-refractivity contribution in [1.82, 2.24) is 5.32 Å². The molecule has 1 amide bonds. The first-order valence-corrected chi connectivity index (χ1v) is 10.8. The van der Waals surface area contributed by atoms with E-state index in [-0.39, 0.29) is 17.1 Å². The van der Waals surface area contributed by atoms with Crippen molar-refractivity contribution < 1.29 is 19.8 Å². The van der Waals surface area contributed by atoms with E-state index in [4.69, 9.17) is 0 Å². The molecule has 1 fully saturated rings. The summed E-state index contributed by atoms with van der Waals surface area (Å²) in [6.07, 6.45) is 11.5. The Hall–Kier alpha value is -3.08. The number of nitrogens with one attached hydrogen (secondary N) is 1. The van der Waals surface area contributed by atoms with Crippen LogP contribution < -0.4 is 5.32 Å². The normalized spacial score (nSPS) is 21.0. The van der Waals surface area contributed by atoms with Gasteiger partial charge in [-0.15, -0.1) is 0 Å². The third-order valence-electron chi connectivity index (χ3n) is 5.47. The zero-order valence-electron chi connectivity index (χ0n) is 18.8. The number of hydrogen-bond acceptors (Lipinski definition) is 4. The van der Waals surface area contributed by atoms with Crippen LogP contribution in [-0.4, -0.2) is 27.9 Å². The van der Waals surface area contributed by atoms with Gasteiger partial charge >= 0.3 is 0 Å². The van der Waals surface area contributed by atoms with Crippen LogP contribution >= 0.6 is 0 Å². The number of allylic oxidation sites excluding steroid dienone is 6. The molecular weight excluding hydrogens is 390 g/mol. The average Bonchev–Trinajstić information content (AvgIpc) is 2.99. The molecule has 1 aliphatic heterocycles. The highest BCUT2D eigenvalue weighted by Gasteiger charge is 2.37. The molecule has 2 rings (SSSR count). The summed E-state index contributed by atoms with van der Waals surface area (Å²) in [6, 6.07) is 5.72. The van der Waals surface area contributed by atoms with Crippen LogP contribution in [0.4, 0.5) is 0 Å². The van der Waals surface area contributed by atoms with Crippen molar-refractivity contribution in [1.29, 1.82) is 0 Å². The lowest BCUT2D eigenvalue weighted by molar-refractivity contribution is -0.117. The van der Waals surface area contributed by atoms with Crippen LogP contribution in [0.5, 0.6) is 5.75 Å². The topological polar surface area (TPSA) is 86.6 Å². The fraction of sp³-hybridized carbons (Fsp3) is 0.385. The summed E-state index contributed by atoms with van der Waals surface area (Å²) < 4.78 is 0. The summed E-state index contributed by atoms with van der Waals surface area (Å²) in [6.45, 7) is 8.68. The van der Waals surface area contributed by atoms with Crippen molar-refractivity contribution >= 4 is 11.7 Å². The highest BCUT2D eigenvalue weighted by molar-refractivity contribution is 6.27. The maximum atomic E-state index is 12.6. The lowest BCUT2D eigenvalue weighted by Crippen LogP contribution is -2.31. The second kappa shape index (κ2) is 11.3. The minimum Gasteiger partial charge on any atom is -0.508 e. The van der Waals surface area contributed by atoms with Crippen LogP contribution in [0.3, 0.4) is 0 Å². The van der Waals surface area contributed by atoms with E-state index in [9.17, 15) is 19.8 Å². The number of phenols is 1. The summed E-state index contributed by atoms with van der Waals surface area (Å²) in [4.78, 5) is 24.8. The molecule has 1 heterocycles. The molecule has 0 bridgehead atoms. The first kappa shape index (κ1) is 24.2. The van der Waals surface area contributed by atoms with Crippen LogP contribution in [0.25, 0.3) is 0 Å². The van der Waals surface area contributed by atoms with Crippen molar-refractivity contribution in [3.8, 4) is 5.75 Å². The lowest BCUT2D eigenvalue weighted by atomic mass is 9.94. The number of ketones is 1. The average molecular weight is 424 g/mol. The molecule has 1 aromatic rings. The predicted molar refractivity (Wildman–Crippen MR) is 124 cm³/mol. The minimum atomic E-state index is -0.727. The second-order valence-electron chi connectivity index (χ2n) is 8.38. The van der Waals surface area contributed by atoms with Gasteiger partial charge in [0.1, 0.15) is 17.1 Å². The second-order valence-corrected chi connectivity index (χ2v) is 8.38. The Morgan fingerprint density at radius 2 is 1.77 bits per heavy atom. The number of aliphatic hydroxyl groups excluding tert-OH is 1. The number of benzene rings is 1. The maximum Gasteiger partial charge on any atom is 0.259 e. The van der Waals surface area contributed by atoms with E-state index in [0.29, 0.717) is 18.3 Å². The predicted octanol–water partition coefficient (Wildman–Crippen LogP) is 4.95. The molecule has 166 valence electrons. The van der Waals surface area contributed by atoms with Crippen LogP contribution in [0, 0.1) is 11.8 Å². The number of aromatic hydroxyl groups is 1. The zero-order valence-corrected chi connectivity index (χ0v) is 18.8. The van der Waals surface area contributed by atoms with Crippen molar-refractivity contribution in [3.63, 3.8) is 0 Å². The molecular formula is C26H33NO4. The van der Waals surface area contributed by atoms with Gasteiger partial charge < -0.3 is 15.5 Å². The third kappa shape index (κ3) is 7.28. The van der Waals surface area contributed by atoms with Crippen LogP contribution in [0.2, 0.25) is 0 Å². The van der Waals surface area contributed by atoms with Gasteiger partial charge in [-0.1, -0.05) is 69.2 Å². The number of Topliss-reactive ketones (excluding diaryl/α,β-unsaturated/α-hetero) is 1. The molecule has 31 heavy (non-hydrogen) atoms. The molecule has 1 aromatic carbocycles. The summed E-state index contributed by atoms with van der Waals surface area (Å²) in [5.74, 6) is -0.0259. The number of carbonyl (C=O) groups is 2. The number of rotatable bonds is 9. The van der Waals surface area contributed by atoms with E-state index in [0.717, 1.165) is 17.6 Å². The van der Waals surface area contributed by atoms with Gasteiger partial charge in [0.2, 0.25) is 0 Å². The summed E-state index contributed by atoms with van der Waals surface area (Å²) >= 11 is 0. The standard InChI is InChI=1S/C26H33NO4/c1-5-17(2)14-19(4)15-18(3)8-6-7-9-23(29)24-25(30)22(27-26(24)31)16-20-10-12-21(28)13-11-20/h6-13,15,17,19,22,28-29H,5,14,16H2,1-4H3,(H,27,31)/b8-6+,9-7+,18-15+,24-23+/t17-,19-,22+/m1/s1. The number of phenolic OH excluding ortho intramolecular Hbond substituents is 1. The van der Waals surface area contributed by atoms with Crippen LogP contribution in [0.1, 0.15) is 46.1 Å². The maximum absolute atomic E-state index is 12.6. The van der Waals surface area contributed by atoms with E-state index in [1.165, 1.54) is 24.6 Å². The monoisotopic (exact) mass is 423 g/mol. The van der Waals surface area contributed by atoms with Crippen molar-refractivity contribution in [2.24, 2.45) is 11.8 Å². The molecule has 0 aromatic heterocycles. The lowest BCUT2D eigenvalue weighted by Gasteiger charge is -2.12. The number of amides is 1. The molecule has 0 radical (unpaired) electrons. The van der Waals surface area contributed by atoms with E-state index < -0.39 is 17.7 Å². The van der Waals surface area contributed by atoms with Crippen LogP contribution in [-0.2, 0) is 16.0 Å². The quantitative estimate of drug-likeness (QED) is 0.227. The van der Waals surface area contributed by atoms with E-state index in [2.05, 4.69) is 32.2 Å². The summed E-state index contributed by atoms with van der Waals surface area (Å²) in [7, 11) is 0. The van der Waals surface area contributed by atoms with E-state index in [1.54, 1.807) is 24.3 Å². The molecule has 0 saturated carbocycles. The smallest absolute Gasteiger partial charge is 0.259 e. The van der Waals surface area contributed by atoms with Gasteiger partial charge in [-0.05, 0) is 49.0 Å². The van der Waals surface area contributed by atoms with Gasteiger partial charge in [0, 0.05) is 6.42 Å². The molecule has 3 atom stereocenters.